The second-order valence-electron chi connectivity index (χ2n) is 7.89. The first-order valence-electron chi connectivity index (χ1n) is 9.90. The predicted octanol–water partition coefficient (Wildman–Crippen LogP) is 0.416. The standard InChI is InChI=1S/C20H25ClN4O3/c1-4-23-17(26)20(18(27)24(5-2)19(23)28)11-13-14(21)7-6-8-15(13)25-10-9-22(3)12-16(20)25/h6-8,16H,4-5,9-12H2,1-3H3/p+1/t16-/m1/s1. The zero-order valence-electron chi connectivity index (χ0n) is 16.5. The maximum atomic E-state index is 13.7. The summed E-state index contributed by atoms with van der Waals surface area (Å²) >= 11 is 6.52. The number of nitrogens with zero attached hydrogens (tertiary/aromatic N) is 3. The number of piperazine rings is 1. The normalized spacial score (nSPS) is 26.6. The topological polar surface area (TPSA) is 65.4 Å². The van der Waals surface area contributed by atoms with Gasteiger partial charge >= 0.3 is 6.03 Å². The second-order valence-corrected chi connectivity index (χ2v) is 8.29. The summed E-state index contributed by atoms with van der Waals surface area (Å²) in [7, 11) is 2.08. The van der Waals surface area contributed by atoms with Gasteiger partial charge in [-0.1, -0.05) is 17.7 Å². The quantitative estimate of drug-likeness (QED) is 0.724. The first-order valence-corrected chi connectivity index (χ1v) is 10.3. The van der Waals surface area contributed by atoms with Gasteiger partial charge in [0.1, 0.15) is 6.04 Å². The minimum Gasteiger partial charge on any atom is -0.355 e. The molecule has 8 heteroatoms. The second kappa shape index (κ2) is 6.74. The van der Waals surface area contributed by atoms with Gasteiger partial charge in [0.15, 0.2) is 5.41 Å². The molecule has 0 radical (unpaired) electrons. The van der Waals surface area contributed by atoms with Gasteiger partial charge in [-0.15, -0.1) is 0 Å². The average Bonchev–Trinajstić information content (AvgIpc) is 2.67. The lowest BCUT2D eigenvalue weighted by Crippen LogP contribution is -3.14. The molecule has 1 aromatic carbocycles. The minimum absolute atomic E-state index is 0.231. The largest absolute Gasteiger partial charge is 0.355 e. The Labute approximate surface area is 169 Å². The Morgan fingerprint density at radius 1 is 1.14 bits per heavy atom. The van der Waals surface area contributed by atoms with Crippen molar-refractivity contribution in [2.75, 3.05) is 44.7 Å². The van der Waals surface area contributed by atoms with Crippen LogP contribution in [0, 0.1) is 5.41 Å². The number of benzene rings is 1. The van der Waals surface area contributed by atoms with Crippen molar-refractivity contribution < 1.29 is 19.3 Å². The van der Waals surface area contributed by atoms with E-state index in [0.717, 1.165) is 24.3 Å². The van der Waals surface area contributed by atoms with Crippen molar-refractivity contribution in [3.8, 4) is 0 Å². The van der Waals surface area contributed by atoms with Crippen LogP contribution >= 0.6 is 11.6 Å². The number of rotatable bonds is 2. The number of anilines is 1. The highest BCUT2D eigenvalue weighted by molar-refractivity contribution is 6.32. The smallest absolute Gasteiger partial charge is 0.333 e. The van der Waals surface area contributed by atoms with E-state index in [9.17, 15) is 14.4 Å². The van der Waals surface area contributed by atoms with Gasteiger partial charge in [0.05, 0.1) is 26.7 Å². The summed E-state index contributed by atoms with van der Waals surface area (Å²) in [5.41, 5.74) is 0.502. The number of hydrogen-bond donors (Lipinski definition) is 1. The highest BCUT2D eigenvalue weighted by Gasteiger charge is 2.65. The van der Waals surface area contributed by atoms with Crippen LogP contribution in [0.25, 0.3) is 0 Å². The van der Waals surface area contributed by atoms with Crippen molar-refractivity contribution in [2.24, 2.45) is 5.41 Å². The summed E-state index contributed by atoms with van der Waals surface area (Å²) in [5.74, 6) is -0.769. The average molecular weight is 406 g/mol. The summed E-state index contributed by atoms with van der Waals surface area (Å²) in [6.45, 7) is 6.34. The summed E-state index contributed by atoms with van der Waals surface area (Å²) in [6, 6.07) is 4.90. The third kappa shape index (κ3) is 2.42. The number of likely N-dealkylation sites (N-methyl/N-ethyl adjacent to an activating group) is 1. The number of imide groups is 2. The molecule has 1 spiro atoms. The molecule has 7 nitrogen and oxygen atoms in total. The number of amides is 4. The van der Waals surface area contributed by atoms with Crippen molar-refractivity contribution in [1.29, 1.82) is 0 Å². The lowest BCUT2D eigenvalue weighted by Gasteiger charge is -2.55. The Morgan fingerprint density at radius 3 is 2.39 bits per heavy atom. The Bertz CT molecular complexity index is 832. The highest BCUT2D eigenvalue weighted by Crippen LogP contribution is 2.47. The van der Waals surface area contributed by atoms with Gasteiger partial charge in [-0.25, -0.2) is 4.79 Å². The van der Waals surface area contributed by atoms with Crippen LogP contribution in [-0.4, -0.2) is 73.5 Å². The predicted molar refractivity (Wildman–Crippen MR) is 106 cm³/mol. The van der Waals surface area contributed by atoms with E-state index >= 15 is 0 Å². The van der Waals surface area contributed by atoms with Crippen molar-refractivity contribution in [3.63, 3.8) is 0 Å². The summed E-state index contributed by atoms with van der Waals surface area (Å²) in [5, 5.41) is 0.560. The number of carbonyl (C=O) groups is 3. The molecule has 1 unspecified atom stereocenters. The number of hydrogen-bond acceptors (Lipinski definition) is 4. The van der Waals surface area contributed by atoms with Crippen molar-refractivity contribution in [2.45, 2.75) is 26.3 Å². The molecule has 2 fully saturated rings. The highest BCUT2D eigenvalue weighted by atomic mass is 35.5. The van der Waals surface area contributed by atoms with Gasteiger partial charge in [-0.2, -0.15) is 0 Å². The SMILES string of the molecule is CCN1C(=O)N(CC)C(=O)C2(Cc3c(Cl)cccc3N3CC[NH+](C)C[C@@H]32)C1=O. The van der Waals surface area contributed by atoms with Crippen LogP contribution in [0.15, 0.2) is 18.2 Å². The van der Waals surface area contributed by atoms with Crippen molar-refractivity contribution in [1.82, 2.24) is 9.80 Å². The summed E-state index contributed by atoms with van der Waals surface area (Å²) < 4.78 is 0. The Hall–Kier alpha value is -2.12. The molecule has 4 rings (SSSR count). The van der Waals surface area contributed by atoms with Crippen molar-refractivity contribution in [3.05, 3.63) is 28.8 Å². The molecule has 2 saturated heterocycles. The van der Waals surface area contributed by atoms with Gasteiger partial charge in [0.25, 0.3) is 0 Å². The van der Waals surface area contributed by atoms with Gasteiger partial charge in [-0.05, 0) is 31.5 Å². The van der Waals surface area contributed by atoms with Crippen LogP contribution in [0.3, 0.4) is 0 Å². The van der Waals surface area contributed by atoms with E-state index in [1.807, 2.05) is 12.1 Å². The number of fused-ring (bicyclic) bond motifs is 4. The van der Waals surface area contributed by atoms with E-state index in [0.29, 0.717) is 11.6 Å². The molecule has 4 amide bonds. The third-order valence-corrected chi connectivity index (χ3v) is 6.83. The maximum absolute atomic E-state index is 13.7. The van der Waals surface area contributed by atoms with Crippen LogP contribution in [0.2, 0.25) is 5.02 Å². The van der Waals surface area contributed by atoms with Crippen LogP contribution in [0.4, 0.5) is 10.5 Å². The van der Waals surface area contributed by atoms with E-state index in [1.165, 1.54) is 14.7 Å². The van der Waals surface area contributed by atoms with Crippen LogP contribution in [0.1, 0.15) is 19.4 Å². The Balaban J connectivity index is 1.94. The van der Waals surface area contributed by atoms with Gasteiger partial charge < -0.3 is 9.80 Å². The van der Waals surface area contributed by atoms with Crippen LogP contribution in [0.5, 0.6) is 0 Å². The molecule has 3 aliphatic heterocycles. The molecule has 3 heterocycles. The number of quaternary nitrogens is 1. The van der Waals surface area contributed by atoms with Crippen molar-refractivity contribution >= 4 is 35.1 Å². The molecule has 1 aromatic rings. The molecular formula is C20H26ClN4O3+. The van der Waals surface area contributed by atoms with E-state index < -0.39 is 11.4 Å². The number of halogens is 1. The summed E-state index contributed by atoms with van der Waals surface area (Å²) in [4.78, 5) is 46.0. The third-order valence-electron chi connectivity index (χ3n) is 6.47. The molecule has 0 aliphatic carbocycles. The lowest BCUT2D eigenvalue weighted by molar-refractivity contribution is -0.883. The monoisotopic (exact) mass is 405 g/mol. The maximum Gasteiger partial charge on any atom is 0.333 e. The van der Waals surface area contributed by atoms with Gasteiger partial charge in [0.2, 0.25) is 11.8 Å². The van der Waals surface area contributed by atoms with E-state index in [4.69, 9.17) is 11.6 Å². The first kappa shape index (κ1) is 19.2. The molecule has 1 N–H and O–H groups in total. The van der Waals surface area contributed by atoms with Crippen LogP contribution < -0.4 is 9.80 Å². The molecule has 0 bridgehead atoms. The minimum atomic E-state index is -1.32. The number of urea groups is 1. The fourth-order valence-electron chi connectivity index (χ4n) is 5.01. The first-order chi connectivity index (χ1) is 13.4. The summed E-state index contributed by atoms with van der Waals surface area (Å²) in [6.07, 6.45) is 0.231. The zero-order chi connectivity index (χ0) is 20.2. The molecule has 3 aliphatic rings. The molecular weight excluding hydrogens is 380 g/mol. The number of nitrogens with one attached hydrogen (secondary N) is 1. The molecule has 28 heavy (non-hydrogen) atoms. The molecule has 2 atom stereocenters. The Morgan fingerprint density at radius 2 is 1.79 bits per heavy atom. The fraction of sp³-hybridized carbons (Fsp3) is 0.550. The molecule has 150 valence electrons. The van der Waals surface area contributed by atoms with E-state index in [1.54, 1.807) is 19.9 Å². The number of carbonyl (C=O) groups excluding carboxylic acids is 3. The fourth-order valence-corrected chi connectivity index (χ4v) is 5.25. The Kier molecular flexibility index (Phi) is 4.62. The molecule has 0 aromatic heterocycles. The molecule has 0 saturated carbocycles. The van der Waals surface area contributed by atoms with E-state index in [-0.39, 0.29) is 37.4 Å². The van der Waals surface area contributed by atoms with Gasteiger partial charge in [-0.3, -0.25) is 19.4 Å². The van der Waals surface area contributed by atoms with Gasteiger partial charge in [0, 0.05) is 30.2 Å². The van der Waals surface area contributed by atoms with E-state index in [2.05, 4.69) is 11.9 Å². The van der Waals surface area contributed by atoms with Crippen LogP contribution in [-0.2, 0) is 16.0 Å². The number of barbiturate groups is 1. The lowest BCUT2D eigenvalue weighted by atomic mass is 9.67. The zero-order valence-corrected chi connectivity index (χ0v) is 17.3.